The topological polar surface area (TPSA) is 65.0 Å². The van der Waals surface area contributed by atoms with Gasteiger partial charge in [0, 0.05) is 12.5 Å². The smallest absolute Gasteiger partial charge is 0.450 e. The van der Waals surface area contributed by atoms with Crippen LogP contribution in [0, 0.1) is 5.92 Å². The van der Waals surface area contributed by atoms with E-state index < -0.39 is 6.16 Å². The fraction of sp³-hybridized carbons (Fsp3) is 0.875. The van der Waals surface area contributed by atoms with Crippen LogP contribution in [0.25, 0.3) is 0 Å². The van der Waals surface area contributed by atoms with Crippen LogP contribution < -0.4 is 0 Å². The Morgan fingerprint density at radius 2 is 2.31 bits per heavy atom. The van der Waals surface area contributed by atoms with Gasteiger partial charge in [-0.2, -0.15) is 0 Å². The normalized spacial score (nSPS) is 38.3. The van der Waals surface area contributed by atoms with Crippen molar-refractivity contribution in [2.75, 3.05) is 13.2 Å². The Kier molecular flexibility index (Phi) is 2.37. The molecule has 2 fully saturated rings. The van der Waals surface area contributed by atoms with Crippen molar-refractivity contribution in [1.82, 2.24) is 0 Å². The van der Waals surface area contributed by atoms with Crippen LogP contribution >= 0.6 is 0 Å². The molecule has 2 rings (SSSR count). The quantitative estimate of drug-likeness (QED) is 0.617. The van der Waals surface area contributed by atoms with Gasteiger partial charge in [-0.25, -0.2) is 4.79 Å². The molecule has 5 heteroatoms. The zero-order valence-corrected chi connectivity index (χ0v) is 7.14. The van der Waals surface area contributed by atoms with Gasteiger partial charge in [-0.1, -0.05) is 0 Å². The first-order valence-electron chi connectivity index (χ1n) is 4.40. The van der Waals surface area contributed by atoms with Crippen molar-refractivity contribution in [3.63, 3.8) is 0 Å². The Bertz CT molecular complexity index is 205. The summed E-state index contributed by atoms with van der Waals surface area (Å²) in [5.74, 6) is 0.0878. The highest BCUT2D eigenvalue weighted by Gasteiger charge is 2.41. The molecule has 0 aromatic heterocycles. The van der Waals surface area contributed by atoms with E-state index in [1.807, 2.05) is 0 Å². The molecule has 0 saturated carbocycles. The molecule has 2 aliphatic rings. The zero-order valence-electron chi connectivity index (χ0n) is 7.14. The van der Waals surface area contributed by atoms with E-state index in [0.29, 0.717) is 13.2 Å². The second-order valence-electron chi connectivity index (χ2n) is 3.30. The average Bonchev–Trinajstić information content (AvgIpc) is 2.48. The molecular weight excluding hydrogens is 176 g/mol. The van der Waals surface area contributed by atoms with Gasteiger partial charge in [-0.05, 0) is 12.8 Å². The minimum atomic E-state index is -1.24. The number of ether oxygens (including phenoxy) is 3. The number of hydrogen-bond donors (Lipinski definition) is 1. The minimum Gasteiger partial charge on any atom is -0.450 e. The third-order valence-corrected chi connectivity index (χ3v) is 2.47. The van der Waals surface area contributed by atoms with Crippen molar-refractivity contribution in [3.05, 3.63) is 0 Å². The van der Waals surface area contributed by atoms with Gasteiger partial charge in [0.2, 0.25) is 0 Å². The standard InChI is InChI=1S/C8H12O5/c9-8(10)13-6-4-12-7-5(6)2-1-3-11-7/h5-7H,1-4H2,(H,9,10). The maximum absolute atomic E-state index is 10.3. The molecule has 3 atom stereocenters. The molecule has 0 aromatic carbocycles. The molecule has 0 aromatic rings. The lowest BCUT2D eigenvalue weighted by Gasteiger charge is -2.26. The van der Waals surface area contributed by atoms with Crippen LogP contribution in [-0.4, -0.2) is 36.9 Å². The highest BCUT2D eigenvalue weighted by atomic mass is 16.7. The summed E-state index contributed by atoms with van der Waals surface area (Å²) in [5.41, 5.74) is 0. The summed E-state index contributed by atoms with van der Waals surface area (Å²) in [6.45, 7) is 1.02. The summed E-state index contributed by atoms with van der Waals surface area (Å²) < 4.78 is 15.3. The van der Waals surface area contributed by atoms with E-state index in [1.54, 1.807) is 0 Å². The molecule has 2 saturated heterocycles. The Morgan fingerprint density at radius 1 is 1.46 bits per heavy atom. The molecule has 0 spiro atoms. The van der Waals surface area contributed by atoms with Gasteiger partial charge in [0.25, 0.3) is 0 Å². The Balaban J connectivity index is 1.94. The highest BCUT2D eigenvalue weighted by molar-refractivity contribution is 5.57. The third kappa shape index (κ3) is 1.76. The van der Waals surface area contributed by atoms with Gasteiger partial charge in [0.05, 0.1) is 6.61 Å². The van der Waals surface area contributed by atoms with Crippen LogP contribution in [0.1, 0.15) is 12.8 Å². The first-order valence-corrected chi connectivity index (χ1v) is 4.40. The second-order valence-corrected chi connectivity index (χ2v) is 3.30. The van der Waals surface area contributed by atoms with Crippen LogP contribution in [0.3, 0.4) is 0 Å². The summed E-state index contributed by atoms with van der Waals surface area (Å²) >= 11 is 0. The van der Waals surface area contributed by atoms with E-state index in [2.05, 4.69) is 0 Å². The molecule has 13 heavy (non-hydrogen) atoms. The number of carboxylic acid groups (broad SMARTS) is 1. The van der Waals surface area contributed by atoms with E-state index in [-0.39, 0.29) is 18.3 Å². The van der Waals surface area contributed by atoms with Gasteiger partial charge >= 0.3 is 6.16 Å². The van der Waals surface area contributed by atoms with Crippen LogP contribution in [0.15, 0.2) is 0 Å². The van der Waals surface area contributed by atoms with Crippen LogP contribution in [-0.2, 0) is 14.2 Å². The van der Waals surface area contributed by atoms with Crippen LogP contribution in [0.5, 0.6) is 0 Å². The fourth-order valence-corrected chi connectivity index (χ4v) is 1.88. The largest absolute Gasteiger partial charge is 0.506 e. The fourth-order valence-electron chi connectivity index (χ4n) is 1.88. The number of rotatable bonds is 1. The van der Waals surface area contributed by atoms with Crippen molar-refractivity contribution >= 4 is 6.16 Å². The molecule has 0 radical (unpaired) electrons. The summed E-state index contributed by atoms with van der Waals surface area (Å²) in [4.78, 5) is 10.3. The van der Waals surface area contributed by atoms with Crippen molar-refractivity contribution in [3.8, 4) is 0 Å². The van der Waals surface area contributed by atoms with Crippen molar-refractivity contribution < 1.29 is 24.1 Å². The van der Waals surface area contributed by atoms with Crippen LogP contribution in [0.4, 0.5) is 4.79 Å². The van der Waals surface area contributed by atoms with E-state index in [4.69, 9.17) is 19.3 Å². The molecule has 0 bridgehead atoms. The molecule has 0 aliphatic carbocycles. The van der Waals surface area contributed by atoms with Crippen molar-refractivity contribution in [2.45, 2.75) is 25.2 Å². The minimum absolute atomic E-state index is 0.0878. The van der Waals surface area contributed by atoms with Gasteiger partial charge in [-0.15, -0.1) is 0 Å². The van der Waals surface area contributed by atoms with Gasteiger partial charge in [-0.3, -0.25) is 0 Å². The summed E-state index contributed by atoms with van der Waals surface area (Å²) in [6, 6.07) is 0. The maximum Gasteiger partial charge on any atom is 0.506 e. The molecule has 2 heterocycles. The van der Waals surface area contributed by atoms with E-state index in [0.717, 1.165) is 12.8 Å². The highest BCUT2D eigenvalue weighted by Crippen LogP contribution is 2.32. The summed E-state index contributed by atoms with van der Waals surface area (Å²) in [7, 11) is 0. The number of carbonyl (C=O) groups is 1. The number of fused-ring (bicyclic) bond motifs is 1. The van der Waals surface area contributed by atoms with Crippen molar-refractivity contribution in [1.29, 1.82) is 0 Å². The Labute approximate surface area is 75.6 Å². The molecule has 5 nitrogen and oxygen atoms in total. The lowest BCUT2D eigenvalue weighted by atomic mass is 9.97. The van der Waals surface area contributed by atoms with Crippen LogP contribution in [0.2, 0.25) is 0 Å². The predicted octanol–water partition coefficient (Wildman–Crippen LogP) is 0.833. The summed E-state index contributed by atoms with van der Waals surface area (Å²) in [5, 5.41) is 8.45. The molecule has 3 unspecified atom stereocenters. The van der Waals surface area contributed by atoms with Gasteiger partial charge < -0.3 is 19.3 Å². The van der Waals surface area contributed by atoms with E-state index in [1.165, 1.54) is 0 Å². The van der Waals surface area contributed by atoms with Gasteiger partial charge in [0.1, 0.15) is 6.10 Å². The first kappa shape index (κ1) is 8.77. The van der Waals surface area contributed by atoms with E-state index >= 15 is 0 Å². The molecule has 2 aliphatic heterocycles. The molecule has 1 N–H and O–H groups in total. The average molecular weight is 188 g/mol. The lowest BCUT2D eigenvalue weighted by molar-refractivity contribution is -0.152. The van der Waals surface area contributed by atoms with Gasteiger partial charge in [0.15, 0.2) is 6.29 Å². The monoisotopic (exact) mass is 188 g/mol. The Morgan fingerprint density at radius 3 is 3.08 bits per heavy atom. The molecule has 0 amide bonds. The lowest BCUT2D eigenvalue weighted by Crippen LogP contribution is -2.33. The molecule has 74 valence electrons. The third-order valence-electron chi connectivity index (χ3n) is 2.47. The summed E-state index contributed by atoms with van der Waals surface area (Å²) in [6.07, 6.45) is 0.0350. The number of hydrogen-bond acceptors (Lipinski definition) is 4. The predicted molar refractivity (Wildman–Crippen MR) is 41.3 cm³/mol. The maximum atomic E-state index is 10.3. The van der Waals surface area contributed by atoms with E-state index in [9.17, 15) is 4.79 Å². The SMILES string of the molecule is O=C(O)OC1COC2OCCCC12. The second kappa shape index (κ2) is 3.51. The Hall–Kier alpha value is -0.810. The first-order chi connectivity index (χ1) is 6.27. The van der Waals surface area contributed by atoms with Crippen molar-refractivity contribution in [2.24, 2.45) is 5.92 Å². The zero-order chi connectivity index (χ0) is 9.26. The molecular formula is C8H12O5.